The number of hydrogen-bond donors (Lipinski definition) is 0. The third kappa shape index (κ3) is 4.69. The smallest absolute Gasteiger partial charge is 0.175 e. The number of pyridine rings is 1. The summed E-state index contributed by atoms with van der Waals surface area (Å²) in [6.07, 6.45) is 7.57. The van der Waals surface area contributed by atoms with Crippen molar-refractivity contribution in [2.45, 2.75) is 31.1 Å². The Bertz CT molecular complexity index is 1190. The van der Waals surface area contributed by atoms with Crippen molar-refractivity contribution in [3.8, 4) is 34.1 Å². The highest BCUT2D eigenvalue weighted by Gasteiger charge is 2.20. The SMILES string of the molecule is CCCCc1ccc(-c2cc(S(C)(=O)=O)cc(OC)c2-c2cncc(C#N)c2)cc1. The lowest BCUT2D eigenvalue weighted by atomic mass is 9.93. The number of ether oxygens (including phenoxy) is 1. The number of aryl methyl sites for hydroxylation is 1. The van der Waals surface area contributed by atoms with E-state index in [0.717, 1.165) is 24.8 Å². The lowest BCUT2D eigenvalue weighted by Crippen LogP contribution is -2.01. The number of aromatic nitrogens is 1. The van der Waals surface area contributed by atoms with Gasteiger partial charge in [0.25, 0.3) is 0 Å². The highest BCUT2D eigenvalue weighted by molar-refractivity contribution is 7.90. The van der Waals surface area contributed by atoms with Crippen LogP contribution in [-0.2, 0) is 16.3 Å². The van der Waals surface area contributed by atoms with Gasteiger partial charge in [0, 0.05) is 29.8 Å². The van der Waals surface area contributed by atoms with Gasteiger partial charge in [0.2, 0.25) is 0 Å². The average Bonchev–Trinajstić information content (AvgIpc) is 2.76. The molecule has 3 aromatic rings. The highest BCUT2D eigenvalue weighted by Crippen LogP contribution is 2.41. The fourth-order valence-corrected chi connectivity index (χ4v) is 4.01. The standard InChI is InChI=1S/C24H24N2O3S/c1-4-5-6-17-7-9-19(10-8-17)22-12-21(30(3,27)28)13-23(29-2)24(22)20-11-18(14-25)15-26-16-20/h7-13,15-16H,4-6H2,1-3H3. The second kappa shape index (κ2) is 9.10. The first-order valence-electron chi connectivity index (χ1n) is 9.74. The number of methoxy groups -OCH3 is 1. The molecule has 6 heteroatoms. The third-order valence-corrected chi connectivity index (χ3v) is 6.06. The monoisotopic (exact) mass is 420 g/mol. The van der Waals surface area contributed by atoms with Gasteiger partial charge in [-0.05, 0) is 47.7 Å². The number of nitrogens with zero attached hydrogens (tertiary/aromatic N) is 2. The predicted molar refractivity (Wildman–Crippen MR) is 118 cm³/mol. The molecule has 0 fully saturated rings. The van der Waals surface area contributed by atoms with Gasteiger partial charge in [-0.1, -0.05) is 37.6 Å². The topological polar surface area (TPSA) is 80.1 Å². The Morgan fingerprint density at radius 3 is 2.40 bits per heavy atom. The molecule has 0 saturated carbocycles. The first kappa shape index (κ1) is 21.5. The Balaban J connectivity index is 2.26. The molecule has 0 unspecified atom stereocenters. The van der Waals surface area contributed by atoms with E-state index in [9.17, 15) is 13.7 Å². The average molecular weight is 421 g/mol. The Kier molecular flexibility index (Phi) is 6.53. The quantitative estimate of drug-likeness (QED) is 0.535. The summed E-state index contributed by atoms with van der Waals surface area (Å²) in [6, 6.07) is 15.1. The van der Waals surface area contributed by atoms with E-state index in [1.165, 1.54) is 31.2 Å². The molecule has 0 N–H and O–H groups in total. The van der Waals surface area contributed by atoms with Crippen LogP contribution in [0.15, 0.2) is 59.8 Å². The molecule has 30 heavy (non-hydrogen) atoms. The van der Waals surface area contributed by atoms with Crippen LogP contribution in [-0.4, -0.2) is 26.8 Å². The van der Waals surface area contributed by atoms with Crippen LogP contribution in [0.1, 0.15) is 30.9 Å². The van der Waals surface area contributed by atoms with Crippen molar-refractivity contribution in [2.75, 3.05) is 13.4 Å². The molecule has 0 spiro atoms. The normalized spacial score (nSPS) is 11.1. The molecule has 0 aliphatic rings. The van der Waals surface area contributed by atoms with Gasteiger partial charge in [0.05, 0.1) is 17.6 Å². The van der Waals surface area contributed by atoms with Gasteiger partial charge in [0.15, 0.2) is 9.84 Å². The van der Waals surface area contributed by atoms with Gasteiger partial charge in [-0.25, -0.2) is 8.42 Å². The maximum Gasteiger partial charge on any atom is 0.175 e. The summed E-state index contributed by atoms with van der Waals surface area (Å²) < 4.78 is 30.2. The second-order valence-corrected chi connectivity index (χ2v) is 9.21. The van der Waals surface area contributed by atoms with Crippen molar-refractivity contribution in [1.29, 1.82) is 5.26 Å². The zero-order chi connectivity index (χ0) is 21.7. The summed E-state index contributed by atoms with van der Waals surface area (Å²) in [5.74, 6) is 0.417. The largest absolute Gasteiger partial charge is 0.496 e. The van der Waals surface area contributed by atoms with Crippen LogP contribution in [0, 0.1) is 11.3 Å². The maximum absolute atomic E-state index is 12.3. The first-order valence-corrected chi connectivity index (χ1v) is 11.6. The van der Waals surface area contributed by atoms with Gasteiger partial charge in [0.1, 0.15) is 11.8 Å². The second-order valence-electron chi connectivity index (χ2n) is 7.19. The van der Waals surface area contributed by atoms with Gasteiger partial charge >= 0.3 is 0 Å². The zero-order valence-corrected chi connectivity index (χ0v) is 18.2. The molecule has 0 amide bonds. The summed E-state index contributed by atoms with van der Waals surface area (Å²) in [7, 11) is -1.94. The minimum absolute atomic E-state index is 0.178. The van der Waals surface area contributed by atoms with Gasteiger partial charge in [-0.3, -0.25) is 4.98 Å². The highest BCUT2D eigenvalue weighted by atomic mass is 32.2. The van der Waals surface area contributed by atoms with Gasteiger partial charge < -0.3 is 4.74 Å². The minimum Gasteiger partial charge on any atom is -0.496 e. The maximum atomic E-state index is 12.3. The number of sulfone groups is 1. The van der Waals surface area contributed by atoms with Gasteiger partial charge in [-0.2, -0.15) is 5.26 Å². The number of rotatable bonds is 7. The van der Waals surface area contributed by atoms with Crippen molar-refractivity contribution in [3.05, 3.63) is 66.0 Å². The molecule has 1 heterocycles. The molecule has 154 valence electrons. The van der Waals surface area contributed by atoms with E-state index in [2.05, 4.69) is 30.1 Å². The van der Waals surface area contributed by atoms with Crippen molar-refractivity contribution in [2.24, 2.45) is 0 Å². The molecule has 0 bridgehead atoms. The summed E-state index contributed by atoms with van der Waals surface area (Å²) in [5.41, 5.74) is 4.64. The van der Waals surface area contributed by atoms with E-state index in [4.69, 9.17) is 4.74 Å². The molecular weight excluding hydrogens is 396 g/mol. The molecule has 0 saturated heterocycles. The fourth-order valence-electron chi connectivity index (χ4n) is 3.36. The molecule has 0 radical (unpaired) electrons. The van der Waals surface area contributed by atoms with E-state index in [0.29, 0.717) is 28.0 Å². The fraction of sp³-hybridized carbons (Fsp3) is 0.250. The van der Waals surface area contributed by atoms with Crippen LogP contribution in [0.2, 0.25) is 0 Å². The molecular formula is C24H24N2O3S. The lowest BCUT2D eigenvalue weighted by molar-refractivity contribution is 0.415. The Morgan fingerprint density at radius 2 is 1.80 bits per heavy atom. The summed E-state index contributed by atoms with van der Waals surface area (Å²) in [5, 5.41) is 9.27. The predicted octanol–water partition coefficient (Wildman–Crippen LogP) is 5.04. The van der Waals surface area contributed by atoms with Crippen LogP contribution in [0.4, 0.5) is 0 Å². The molecule has 5 nitrogen and oxygen atoms in total. The molecule has 2 aromatic carbocycles. The third-order valence-electron chi connectivity index (χ3n) is 4.96. The van der Waals surface area contributed by atoms with E-state index < -0.39 is 9.84 Å². The summed E-state index contributed by atoms with van der Waals surface area (Å²) >= 11 is 0. The van der Waals surface area contributed by atoms with Crippen molar-refractivity contribution >= 4 is 9.84 Å². The lowest BCUT2D eigenvalue weighted by Gasteiger charge is -2.17. The Hall–Kier alpha value is -3.17. The summed E-state index contributed by atoms with van der Waals surface area (Å²) in [4.78, 5) is 4.34. The van der Waals surface area contributed by atoms with E-state index in [1.54, 1.807) is 18.3 Å². The van der Waals surface area contributed by atoms with Crippen molar-refractivity contribution in [3.63, 3.8) is 0 Å². The molecule has 0 aliphatic heterocycles. The molecule has 0 atom stereocenters. The first-order chi connectivity index (χ1) is 14.4. The molecule has 1 aromatic heterocycles. The van der Waals surface area contributed by atoms with Crippen LogP contribution < -0.4 is 4.74 Å². The van der Waals surface area contributed by atoms with Crippen LogP contribution in [0.5, 0.6) is 5.75 Å². The number of benzene rings is 2. The van der Waals surface area contributed by atoms with E-state index in [-0.39, 0.29) is 4.90 Å². The summed E-state index contributed by atoms with van der Waals surface area (Å²) in [6.45, 7) is 2.16. The zero-order valence-electron chi connectivity index (χ0n) is 17.3. The number of nitriles is 1. The Labute approximate surface area is 177 Å². The van der Waals surface area contributed by atoms with Gasteiger partial charge in [-0.15, -0.1) is 0 Å². The Morgan fingerprint density at radius 1 is 1.07 bits per heavy atom. The minimum atomic E-state index is -3.45. The van der Waals surface area contributed by atoms with Crippen molar-refractivity contribution in [1.82, 2.24) is 4.98 Å². The van der Waals surface area contributed by atoms with Crippen LogP contribution >= 0.6 is 0 Å². The van der Waals surface area contributed by atoms with Crippen molar-refractivity contribution < 1.29 is 13.2 Å². The molecule has 0 aliphatic carbocycles. The number of unbranched alkanes of at least 4 members (excludes halogenated alkanes) is 1. The molecule has 3 rings (SSSR count). The van der Waals surface area contributed by atoms with E-state index >= 15 is 0 Å². The van der Waals surface area contributed by atoms with Crippen LogP contribution in [0.25, 0.3) is 22.3 Å². The number of hydrogen-bond acceptors (Lipinski definition) is 5. The van der Waals surface area contributed by atoms with Crippen LogP contribution in [0.3, 0.4) is 0 Å². The van der Waals surface area contributed by atoms with E-state index in [1.807, 2.05) is 12.1 Å².